The van der Waals surface area contributed by atoms with Crippen LogP contribution in [0, 0.1) is 5.92 Å². The molecule has 1 saturated heterocycles. The number of rotatable bonds is 5. The van der Waals surface area contributed by atoms with E-state index < -0.39 is 0 Å². The van der Waals surface area contributed by atoms with E-state index in [9.17, 15) is 4.79 Å². The van der Waals surface area contributed by atoms with Crippen LogP contribution in [0.1, 0.15) is 33.1 Å². The first kappa shape index (κ1) is 14.7. The first-order valence-electron chi connectivity index (χ1n) is 7.18. The molecule has 1 aliphatic rings. The first-order valence-corrected chi connectivity index (χ1v) is 7.18. The van der Waals surface area contributed by atoms with E-state index in [1.165, 1.54) is 0 Å². The third-order valence-electron chi connectivity index (χ3n) is 3.51. The summed E-state index contributed by atoms with van der Waals surface area (Å²) in [6.45, 7) is 5.50. The Hall–Kier alpha value is -1.69. The van der Waals surface area contributed by atoms with Gasteiger partial charge in [-0.15, -0.1) is 10.2 Å². The van der Waals surface area contributed by atoms with E-state index in [0.717, 1.165) is 25.1 Å². The molecule has 1 fully saturated rings. The molecule has 1 aromatic heterocycles. The molecular formula is C14H22N4O2. The summed E-state index contributed by atoms with van der Waals surface area (Å²) in [5.74, 6) is 1.24. The molecule has 0 aromatic carbocycles. The fourth-order valence-corrected chi connectivity index (χ4v) is 2.02. The van der Waals surface area contributed by atoms with Crippen molar-refractivity contribution in [2.24, 2.45) is 5.92 Å². The van der Waals surface area contributed by atoms with Crippen LogP contribution >= 0.6 is 0 Å². The van der Waals surface area contributed by atoms with Gasteiger partial charge in [-0.05, 0) is 38.3 Å². The van der Waals surface area contributed by atoms with Gasteiger partial charge in [0, 0.05) is 25.2 Å². The SMILES string of the molecule is CCC(C)Nc1ccc(NC(=O)C2CCOCC2)nn1. The zero-order valence-corrected chi connectivity index (χ0v) is 12.1. The molecule has 0 aliphatic carbocycles. The number of hydrogen-bond acceptors (Lipinski definition) is 5. The molecule has 0 radical (unpaired) electrons. The highest BCUT2D eigenvalue weighted by Gasteiger charge is 2.21. The van der Waals surface area contributed by atoms with Crippen LogP contribution in [0.2, 0.25) is 0 Å². The largest absolute Gasteiger partial charge is 0.381 e. The van der Waals surface area contributed by atoms with Gasteiger partial charge in [0.25, 0.3) is 0 Å². The highest BCUT2D eigenvalue weighted by Crippen LogP contribution is 2.17. The van der Waals surface area contributed by atoms with Crippen LogP contribution in [0.4, 0.5) is 11.6 Å². The summed E-state index contributed by atoms with van der Waals surface area (Å²) in [7, 11) is 0. The van der Waals surface area contributed by atoms with E-state index >= 15 is 0 Å². The number of amides is 1. The maximum absolute atomic E-state index is 12.0. The summed E-state index contributed by atoms with van der Waals surface area (Å²) in [6, 6.07) is 3.96. The molecule has 0 saturated carbocycles. The molecule has 1 aliphatic heterocycles. The van der Waals surface area contributed by atoms with Gasteiger partial charge in [0.15, 0.2) is 5.82 Å². The van der Waals surface area contributed by atoms with E-state index in [0.29, 0.717) is 25.1 Å². The standard InChI is InChI=1S/C14H22N4O2/c1-3-10(2)15-12-4-5-13(18-17-12)16-14(19)11-6-8-20-9-7-11/h4-5,10-11H,3,6-9H2,1-2H3,(H,15,17)(H,16,18,19). The first-order chi connectivity index (χ1) is 9.69. The third-order valence-corrected chi connectivity index (χ3v) is 3.51. The molecule has 2 heterocycles. The Kier molecular flexibility index (Phi) is 5.29. The lowest BCUT2D eigenvalue weighted by Gasteiger charge is -2.20. The van der Waals surface area contributed by atoms with Gasteiger partial charge in [0.1, 0.15) is 5.82 Å². The summed E-state index contributed by atoms with van der Waals surface area (Å²) in [6.07, 6.45) is 2.56. The summed E-state index contributed by atoms with van der Waals surface area (Å²) < 4.78 is 5.25. The molecule has 1 aromatic rings. The molecule has 0 bridgehead atoms. The number of nitrogens with zero attached hydrogens (tertiary/aromatic N) is 2. The fraction of sp³-hybridized carbons (Fsp3) is 0.643. The van der Waals surface area contributed by atoms with E-state index in [-0.39, 0.29) is 11.8 Å². The van der Waals surface area contributed by atoms with Crippen molar-refractivity contribution in [3.05, 3.63) is 12.1 Å². The summed E-state index contributed by atoms with van der Waals surface area (Å²) in [4.78, 5) is 12.0. The van der Waals surface area contributed by atoms with Crippen molar-refractivity contribution in [3.8, 4) is 0 Å². The van der Waals surface area contributed by atoms with Crippen molar-refractivity contribution in [2.75, 3.05) is 23.8 Å². The topological polar surface area (TPSA) is 76.1 Å². The molecule has 20 heavy (non-hydrogen) atoms. The quantitative estimate of drug-likeness (QED) is 0.862. The average Bonchev–Trinajstić information content (AvgIpc) is 2.50. The second kappa shape index (κ2) is 7.19. The Labute approximate surface area is 119 Å². The number of carbonyl (C=O) groups excluding carboxylic acids is 1. The van der Waals surface area contributed by atoms with Crippen LogP contribution in [0.3, 0.4) is 0 Å². The lowest BCUT2D eigenvalue weighted by molar-refractivity contribution is -0.122. The predicted octanol–water partition coefficient (Wildman–Crippen LogP) is 2.05. The van der Waals surface area contributed by atoms with E-state index in [4.69, 9.17) is 4.74 Å². The van der Waals surface area contributed by atoms with E-state index in [1.807, 2.05) is 6.07 Å². The van der Waals surface area contributed by atoms with Gasteiger partial charge in [-0.3, -0.25) is 4.79 Å². The van der Waals surface area contributed by atoms with Gasteiger partial charge in [0.2, 0.25) is 5.91 Å². The molecule has 2 N–H and O–H groups in total. The lowest BCUT2D eigenvalue weighted by Crippen LogP contribution is -2.29. The van der Waals surface area contributed by atoms with Crippen LogP contribution < -0.4 is 10.6 Å². The minimum absolute atomic E-state index is 0.00485. The van der Waals surface area contributed by atoms with Crippen molar-refractivity contribution < 1.29 is 9.53 Å². The molecule has 1 amide bonds. The Morgan fingerprint density at radius 2 is 2.00 bits per heavy atom. The van der Waals surface area contributed by atoms with Crippen molar-refractivity contribution >= 4 is 17.5 Å². The zero-order valence-electron chi connectivity index (χ0n) is 12.1. The van der Waals surface area contributed by atoms with Gasteiger partial charge in [0.05, 0.1) is 0 Å². The minimum Gasteiger partial charge on any atom is -0.381 e. The van der Waals surface area contributed by atoms with E-state index in [1.54, 1.807) is 6.07 Å². The number of anilines is 2. The molecule has 6 heteroatoms. The predicted molar refractivity (Wildman–Crippen MR) is 77.6 cm³/mol. The Morgan fingerprint density at radius 3 is 2.60 bits per heavy atom. The Morgan fingerprint density at radius 1 is 1.35 bits per heavy atom. The normalized spacial score (nSPS) is 17.5. The number of aromatic nitrogens is 2. The zero-order chi connectivity index (χ0) is 14.4. The van der Waals surface area contributed by atoms with Crippen molar-refractivity contribution in [1.82, 2.24) is 10.2 Å². The lowest BCUT2D eigenvalue weighted by atomic mass is 9.99. The van der Waals surface area contributed by atoms with Crippen LogP contribution in [0.25, 0.3) is 0 Å². The van der Waals surface area contributed by atoms with Crippen molar-refractivity contribution in [1.29, 1.82) is 0 Å². The number of hydrogen-bond donors (Lipinski definition) is 2. The molecular weight excluding hydrogens is 256 g/mol. The van der Waals surface area contributed by atoms with Gasteiger partial charge >= 0.3 is 0 Å². The van der Waals surface area contributed by atoms with Gasteiger partial charge in [-0.1, -0.05) is 6.92 Å². The third kappa shape index (κ3) is 4.16. The second-order valence-electron chi connectivity index (χ2n) is 5.13. The number of ether oxygens (including phenoxy) is 1. The highest BCUT2D eigenvalue weighted by atomic mass is 16.5. The summed E-state index contributed by atoms with van der Waals surface area (Å²) in [5.41, 5.74) is 0. The fourth-order valence-electron chi connectivity index (χ4n) is 2.02. The molecule has 0 spiro atoms. The Balaban J connectivity index is 1.88. The molecule has 2 rings (SSSR count). The number of nitrogens with one attached hydrogen (secondary N) is 2. The van der Waals surface area contributed by atoms with Gasteiger partial charge < -0.3 is 15.4 Å². The monoisotopic (exact) mass is 278 g/mol. The number of carbonyl (C=O) groups is 1. The van der Waals surface area contributed by atoms with Crippen LogP contribution in [-0.2, 0) is 9.53 Å². The van der Waals surface area contributed by atoms with Crippen LogP contribution in [0.5, 0.6) is 0 Å². The van der Waals surface area contributed by atoms with Crippen LogP contribution in [-0.4, -0.2) is 35.4 Å². The second-order valence-corrected chi connectivity index (χ2v) is 5.13. The average molecular weight is 278 g/mol. The summed E-state index contributed by atoms with van der Waals surface area (Å²) >= 11 is 0. The van der Waals surface area contributed by atoms with Gasteiger partial charge in [-0.2, -0.15) is 0 Å². The molecule has 6 nitrogen and oxygen atoms in total. The maximum Gasteiger partial charge on any atom is 0.228 e. The molecule has 1 atom stereocenters. The smallest absolute Gasteiger partial charge is 0.228 e. The molecule has 1 unspecified atom stereocenters. The van der Waals surface area contributed by atoms with E-state index in [2.05, 4.69) is 34.7 Å². The van der Waals surface area contributed by atoms with Gasteiger partial charge in [-0.25, -0.2) is 0 Å². The van der Waals surface area contributed by atoms with Crippen molar-refractivity contribution in [3.63, 3.8) is 0 Å². The molecule has 110 valence electrons. The van der Waals surface area contributed by atoms with Crippen LogP contribution in [0.15, 0.2) is 12.1 Å². The van der Waals surface area contributed by atoms with Crippen molar-refractivity contribution in [2.45, 2.75) is 39.2 Å². The maximum atomic E-state index is 12.0. The Bertz CT molecular complexity index is 429. The summed E-state index contributed by atoms with van der Waals surface area (Å²) in [5, 5.41) is 14.1. The highest BCUT2D eigenvalue weighted by molar-refractivity contribution is 5.91. The minimum atomic E-state index is 0.00485.